The lowest BCUT2D eigenvalue weighted by atomic mass is 10.2. The van der Waals surface area contributed by atoms with Crippen LogP contribution in [0.2, 0.25) is 0 Å². The third-order valence-electron chi connectivity index (χ3n) is 3.30. The normalized spacial score (nSPS) is 10.1. The second-order valence-corrected chi connectivity index (χ2v) is 4.90. The molecule has 5 nitrogen and oxygen atoms in total. The fraction of sp³-hybridized carbons (Fsp3) is 0.176. The first-order chi connectivity index (χ1) is 10.9. The minimum Gasteiger partial charge on any atom is -0.395 e. The number of halogens is 1. The lowest BCUT2D eigenvalue weighted by molar-refractivity contribution is 0.311. The second-order valence-electron chi connectivity index (χ2n) is 4.90. The quantitative estimate of drug-likeness (QED) is 0.648. The summed E-state index contributed by atoms with van der Waals surface area (Å²) < 4.78 is 0. The van der Waals surface area contributed by atoms with Crippen molar-refractivity contribution >= 4 is 35.1 Å². The Hall–Kier alpha value is -2.37. The van der Waals surface area contributed by atoms with Crippen molar-refractivity contribution in [3.05, 3.63) is 60.2 Å². The Labute approximate surface area is 141 Å². The van der Waals surface area contributed by atoms with E-state index in [4.69, 9.17) is 5.11 Å². The van der Waals surface area contributed by atoms with E-state index in [0.29, 0.717) is 19.0 Å². The number of aliphatic hydroxyl groups is 1. The van der Waals surface area contributed by atoms with Crippen LogP contribution >= 0.6 is 12.4 Å². The number of hydrogen-bond donors (Lipinski definition) is 3. The Bertz CT molecular complexity index is 752. The van der Waals surface area contributed by atoms with Crippen molar-refractivity contribution < 1.29 is 5.11 Å². The van der Waals surface area contributed by atoms with Gasteiger partial charge in [-0.1, -0.05) is 42.5 Å². The van der Waals surface area contributed by atoms with Crippen LogP contribution in [0.25, 0.3) is 10.9 Å². The molecule has 0 aliphatic heterocycles. The average molecular weight is 331 g/mol. The number of hydrogen-bond acceptors (Lipinski definition) is 5. The van der Waals surface area contributed by atoms with Gasteiger partial charge in [0.15, 0.2) is 0 Å². The van der Waals surface area contributed by atoms with Gasteiger partial charge in [-0.05, 0) is 17.7 Å². The zero-order valence-corrected chi connectivity index (χ0v) is 13.4. The molecule has 0 unspecified atom stereocenters. The van der Waals surface area contributed by atoms with Gasteiger partial charge in [0.05, 0.1) is 12.1 Å². The van der Waals surface area contributed by atoms with E-state index in [2.05, 4.69) is 32.7 Å². The van der Waals surface area contributed by atoms with Crippen LogP contribution in [0.1, 0.15) is 5.56 Å². The summed E-state index contributed by atoms with van der Waals surface area (Å²) in [6.45, 7) is 1.17. The Morgan fingerprint density at radius 3 is 2.39 bits per heavy atom. The number of nitrogens with zero attached hydrogens (tertiary/aromatic N) is 2. The average Bonchev–Trinajstić information content (AvgIpc) is 2.58. The van der Waals surface area contributed by atoms with Crippen LogP contribution < -0.4 is 10.6 Å². The number of aromatic nitrogens is 2. The maximum absolute atomic E-state index is 8.93. The van der Waals surface area contributed by atoms with Crippen LogP contribution in [-0.2, 0) is 6.54 Å². The van der Waals surface area contributed by atoms with Gasteiger partial charge >= 0.3 is 0 Å². The fourth-order valence-electron chi connectivity index (χ4n) is 2.24. The highest BCUT2D eigenvalue weighted by Gasteiger charge is 2.07. The third-order valence-corrected chi connectivity index (χ3v) is 3.30. The summed E-state index contributed by atoms with van der Waals surface area (Å²) >= 11 is 0. The molecule has 6 heteroatoms. The molecule has 0 saturated carbocycles. The molecule has 3 aromatic rings. The molecule has 0 fully saturated rings. The summed E-state index contributed by atoms with van der Waals surface area (Å²) in [6.07, 6.45) is 0. The number of fused-ring (bicyclic) bond motifs is 1. The number of aliphatic hydroxyl groups excluding tert-OH is 1. The first kappa shape index (κ1) is 17.0. The lowest BCUT2D eigenvalue weighted by Gasteiger charge is -2.11. The Balaban J connectivity index is 0.00000192. The summed E-state index contributed by atoms with van der Waals surface area (Å²) in [5.74, 6) is 1.30. The maximum atomic E-state index is 8.93. The summed E-state index contributed by atoms with van der Waals surface area (Å²) in [5, 5.41) is 16.3. The van der Waals surface area contributed by atoms with Crippen molar-refractivity contribution in [2.45, 2.75) is 6.54 Å². The SMILES string of the molecule is Cl.OCCNc1nc(NCc2ccccc2)c2ccccc2n1. The van der Waals surface area contributed by atoms with Gasteiger partial charge in [-0.3, -0.25) is 0 Å². The minimum absolute atomic E-state index is 0. The Morgan fingerprint density at radius 1 is 0.870 bits per heavy atom. The van der Waals surface area contributed by atoms with E-state index in [1.807, 2.05) is 42.5 Å². The molecule has 1 heterocycles. The molecule has 0 amide bonds. The van der Waals surface area contributed by atoms with Gasteiger partial charge in [0.2, 0.25) is 5.95 Å². The van der Waals surface area contributed by atoms with E-state index in [0.717, 1.165) is 16.7 Å². The number of anilines is 2. The summed E-state index contributed by atoms with van der Waals surface area (Å²) in [6, 6.07) is 18.1. The highest BCUT2D eigenvalue weighted by molar-refractivity contribution is 5.90. The number of nitrogens with one attached hydrogen (secondary N) is 2. The van der Waals surface area contributed by atoms with Crippen molar-refractivity contribution in [2.24, 2.45) is 0 Å². The number of benzene rings is 2. The smallest absolute Gasteiger partial charge is 0.225 e. The molecule has 0 bridgehead atoms. The molecule has 23 heavy (non-hydrogen) atoms. The van der Waals surface area contributed by atoms with Gasteiger partial charge in [0.1, 0.15) is 5.82 Å². The molecule has 2 aromatic carbocycles. The van der Waals surface area contributed by atoms with Crippen LogP contribution in [0.3, 0.4) is 0 Å². The molecule has 0 atom stereocenters. The van der Waals surface area contributed by atoms with Crippen LogP contribution in [-0.4, -0.2) is 28.2 Å². The summed E-state index contributed by atoms with van der Waals surface area (Å²) in [5.41, 5.74) is 2.06. The van der Waals surface area contributed by atoms with Crippen molar-refractivity contribution in [3.63, 3.8) is 0 Å². The molecule has 0 aliphatic carbocycles. The van der Waals surface area contributed by atoms with Gasteiger partial charge in [0.25, 0.3) is 0 Å². The van der Waals surface area contributed by atoms with E-state index in [1.54, 1.807) is 0 Å². The van der Waals surface area contributed by atoms with E-state index in [9.17, 15) is 0 Å². The molecule has 120 valence electrons. The fourth-order valence-corrected chi connectivity index (χ4v) is 2.24. The molecule has 0 radical (unpaired) electrons. The predicted molar refractivity (Wildman–Crippen MR) is 96.1 cm³/mol. The van der Waals surface area contributed by atoms with Crippen LogP contribution in [0, 0.1) is 0 Å². The molecule has 3 N–H and O–H groups in total. The first-order valence-corrected chi connectivity index (χ1v) is 7.26. The minimum atomic E-state index is 0. The monoisotopic (exact) mass is 330 g/mol. The van der Waals surface area contributed by atoms with Gasteiger partial charge in [-0.25, -0.2) is 4.98 Å². The van der Waals surface area contributed by atoms with Gasteiger partial charge in [-0.15, -0.1) is 12.4 Å². The predicted octanol–water partition coefficient (Wildman–Crippen LogP) is 3.07. The largest absolute Gasteiger partial charge is 0.395 e. The molecule has 0 spiro atoms. The van der Waals surface area contributed by atoms with Gasteiger partial charge in [0, 0.05) is 18.5 Å². The summed E-state index contributed by atoms with van der Waals surface area (Å²) in [7, 11) is 0. The molecular weight excluding hydrogens is 312 g/mol. The molecule has 3 rings (SSSR count). The third kappa shape index (κ3) is 4.31. The van der Waals surface area contributed by atoms with Crippen molar-refractivity contribution in [2.75, 3.05) is 23.8 Å². The van der Waals surface area contributed by atoms with Crippen molar-refractivity contribution in [1.29, 1.82) is 0 Å². The Kier molecular flexibility index (Phi) is 6.14. The second kappa shape index (κ2) is 8.31. The van der Waals surface area contributed by atoms with Crippen LogP contribution in [0.15, 0.2) is 54.6 Å². The van der Waals surface area contributed by atoms with Crippen LogP contribution in [0.4, 0.5) is 11.8 Å². The highest BCUT2D eigenvalue weighted by Crippen LogP contribution is 2.22. The van der Waals surface area contributed by atoms with Crippen molar-refractivity contribution in [3.8, 4) is 0 Å². The van der Waals surface area contributed by atoms with Crippen molar-refractivity contribution in [1.82, 2.24) is 9.97 Å². The van der Waals surface area contributed by atoms with Crippen LogP contribution in [0.5, 0.6) is 0 Å². The molecule has 0 aliphatic rings. The first-order valence-electron chi connectivity index (χ1n) is 7.26. The highest BCUT2D eigenvalue weighted by atomic mass is 35.5. The standard InChI is InChI=1S/C17H18N4O.ClH/c22-11-10-18-17-20-15-9-5-4-8-14(15)16(21-17)19-12-13-6-2-1-3-7-13;/h1-9,22H,10-12H2,(H2,18,19,20,21);1H. The van der Waals surface area contributed by atoms with E-state index in [-0.39, 0.29) is 19.0 Å². The lowest BCUT2D eigenvalue weighted by Crippen LogP contribution is -2.10. The molecule has 0 saturated heterocycles. The summed E-state index contributed by atoms with van der Waals surface area (Å²) in [4.78, 5) is 8.96. The molecular formula is C17H19ClN4O. The maximum Gasteiger partial charge on any atom is 0.225 e. The molecule has 1 aromatic heterocycles. The van der Waals surface area contributed by atoms with Gasteiger partial charge in [-0.2, -0.15) is 4.98 Å². The van der Waals surface area contributed by atoms with E-state index < -0.39 is 0 Å². The zero-order chi connectivity index (χ0) is 15.2. The van der Waals surface area contributed by atoms with E-state index >= 15 is 0 Å². The Morgan fingerprint density at radius 2 is 1.61 bits per heavy atom. The topological polar surface area (TPSA) is 70.1 Å². The number of para-hydroxylation sites is 1. The van der Waals surface area contributed by atoms with Gasteiger partial charge < -0.3 is 15.7 Å². The van der Waals surface area contributed by atoms with E-state index in [1.165, 1.54) is 5.56 Å². The number of rotatable bonds is 6. The zero-order valence-electron chi connectivity index (χ0n) is 12.6.